The van der Waals surface area contributed by atoms with Crippen molar-refractivity contribution in [3.8, 4) is 0 Å². The molecule has 0 spiro atoms. The van der Waals surface area contributed by atoms with Crippen molar-refractivity contribution >= 4 is 63.5 Å². The van der Waals surface area contributed by atoms with Gasteiger partial charge < -0.3 is 0 Å². The van der Waals surface area contributed by atoms with Crippen molar-refractivity contribution in [3.63, 3.8) is 0 Å². The molecule has 0 aromatic carbocycles. The van der Waals surface area contributed by atoms with Crippen LogP contribution >= 0.6 is 0 Å². The molecule has 0 rings (SSSR count). The van der Waals surface area contributed by atoms with Crippen LogP contribution in [0.15, 0.2) is 0 Å². The van der Waals surface area contributed by atoms with Gasteiger partial charge in [-0.1, -0.05) is 0 Å². The Kier molecular flexibility index (Phi) is 7.65. The van der Waals surface area contributed by atoms with Gasteiger partial charge >= 0.3 is 12.1 Å². The van der Waals surface area contributed by atoms with Crippen LogP contribution in [0.4, 0.5) is 8.78 Å². The van der Waals surface area contributed by atoms with Gasteiger partial charge in [0.15, 0.2) is 0 Å². The van der Waals surface area contributed by atoms with Crippen molar-refractivity contribution in [1.29, 1.82) is 0 Å². The second kappa shape index (κ2) is 4.98. The molecule has 0 heterocycles. The number of rotatable bonds is 1. The van der Waals surface area contributed by atoms with E-state index in [1.807, 2.05) is 0 Å². The molecule has 0 amide bonds. The smallest absolute Gasteiger partial charge is 0.249 e. The van der Waals surface area contributed by atoms with E-state index < -0.39 is 12.1 Å². The van der Waals surface area contributed by atoms with Crippen LogP contribution in [0.1, 0.15) is 0 Å². The Morgan fingerprint density at radius 2 is 1.14 bits per heavy atom. The number of hydrogen-bond donors (Lipinski definition) is 0. The summed E-state index contributed by atoms with van der Waals surface area (Å²) in [6.07, 6.45) is 0. The first-order valence-corrected chi connectivity index (χ1v) is 1.04. The zero-order chi connectivity index (χ0) is 5.15. The zero-order valence-corrected chi connectivity index (χ0v) is 6.70. The SMILES string of the molecule is O=C(F)C(=O)F.[K]. The molecule has 0 aliphatic carbocycles. The number of carbonyl (C=O) groups is 2. The first-order valence-electron chi connectivity index (χ1n) is 1.04. The van der Waals surface area contributed by atoms with Gasteiger partial charge in [0.05, 0.1) is 0 Å². The Balaban J connectivity index is 0. The quantitative estimate of drug-likeness (QED) is 0.277. The minimum atomic E-state index is -2.55. The molecule has 0 aliphatic rings. The Morgan fingerprint density at radius 3 is 1.14 bits per heavy atom. The van der Waals surface area contributed by atoms with Gasteiger partial charge in [-0.3, -0.25) is 0 Å². The van der Waals surface area contributed by atoms with Gasteiger partial charge in [-0.15, -0.1) is 0 Å². The molecule has 0 unspecified atom stereocenters. The van der Waals surface area contributed by atoms with Gasteiger partial charge in [-0.25, -0.2) is 9.59 Å². The molecule has 5 heteroatoms. The number of halogens is 2. The molecular formula is C2F2KO2. The molecule has 0 saturated carbocycles. The Bertz CT molecular complexity index is 79.7. The van der Waals surface area contributed by atoms with E-state index in [4.69, 9.17) is 9.59 Å². The molecule has 0 fully saturated rings. The molecule has 0 N–H and O–H groups in total. The Morgan fingerprint density at radius 1 is 1.00 bits per heavy atom. The minimum Gasteiger partial charge on any atom is -0.249 e. The predicted octanol–water partition coefficient (Wildman–Crippen LogP) is -0.402. The van der Waals surface area contributed by atoms with Gasteiger partial charge in [-0.2, -0.15) is 8.78 Å². The summed E-state index contributed by atoms with van der Waals surface area (Å²) >= 11 is 0. The number of hydrogen-bond acceptors (Lipinski definition) is 2. The molecule has 2 nitrogen and oxygen atoms in total. The first-order chi connectivity index (χ1) is 2.64. The van der Waals surface area contributed by atoms with Crippen LogP contribution in [0.25, 0.3) is 0 Å². The van der Waals surface area contributed by atoms with E-state index >= 15 is 0 Å². The third-order valence-corrected chi connectivity index (χ3v) is 0.155. The Labute approximate surface area is 80.7 Å². The minimum absolute atomic E-state index is 0. The molecule has 0 atom stereocenters. The average molecular weight is 133 g/mol. The van der Waals surface area contributed by atoms with Crippen LogP contribution < -0.4 is 0 Å². The van der Waals surface area contributed by atoms with E-state index in [-0.39, 0.29) is 51.4 Å². The van der Waals surface area contributed by atoms with Crippen LogP contribution in [0.5, 0.6) is 0 Å². The molecule has 0 saturated heterocycles. The van der Waals surface area contributed by atoms with Gasteiger partial charge in [0, 0.05) is 51.4 Å². The summed E-state index contributed by atoms with van der Waals surface area (Å²) in [5.74, 6) is 0. The van der Waals surface area contributed by atoms with Crippen LogP contribution in [0.2, 0.25) is 0 Å². The van der Waals surface area contributed by atoms with Crippen LogP contribution in [0.3, 0.4) is 0 Å². The molecule has 0 aromatic rings. The maximum atomic E-state index is 10.5. The summed E-state index contributed by atoms with van der Waals surface area (Å²) in [6.45, 7) is 0. The fraction of sp³-hybridized carbons (Fsp3) is 0. The summed E-state index contributed by atoms with van der Waals surface area (Å²) in [7, 11) is 0. The summed E-state index contributed by atoms with van der Waals surface area (Å²) in [4.78, 5) is 17.5. The van der Waals surface area contributed by atoms with Crippen molar-refractivity contribution in [2.24, 2.45) is 0 Å². The number of carbonyl (C=O) groups excluding carboxylic acids is 2. The van der Waals surface area contributed by atoms with E-state index in [0.29, 0.717) is 0 Å². The van der Waals surface area contributed by atoms with E-state index in [0.717, 1.165) is 0 Å². The molecule has 0 aromatic heterocycles. The van der Waals surface area contributed by atoms with Gasteiger partial charge in [0.2, 0.25) is 0 Å². The van der Waals surface area contributed by atoms with Crippen molar-refractivity contribution in [2.75, 3.05) is 0 Å². The van der Waals surface area contributed by atoms with Crippen molar-refractivity contribution in [3.05, 3.63) is 0 Å². The van der Waals surface area contributed by atoms with Crippen LogP contribution in [0, 0.1) is 0 Å². The normalized spacial score (nSPS) is 6.57. The molecule has 0 aliphatic heterocycles. The second-order valence-electron chi connectivity index (χ2n) is 0.547. The third kappa shape index (κ3) is 6.84. The maximum Gasteiger partial charge on any atom is 0.401 e. The molecule has 35 valence electrons. The monoisotopic (exact) mass is 133 g/mol. The van der Waals surface area contributed by atoms with E-state index in [9.17, 15) is 8.78 Å². The summed E-state index contributed by atoms with van der Waals surface area (Å²) in [5.41, 5.74) is 0. The summed E-state index contributed by atoms with van der Waals surface area (Å²) in [5, 5.41) is 0. The molecular weight excluding hydrogens is 133 g/mol. The van der Waals surface area contributed by atoms with Crippen molar-refractivity contribution in [1.82, 2.24) is 0 Å². The van der Waals surface area contributed by atoms with Crippen molar-refractivity contribution < 1.29 is 18.4 Å². The van der Waals surface area contributed by atoms with E-state index in [2.05, 4.69) is 0 Å². The largest absolute Gasteiger partial charge is 0.401 e. The summed E-state index contributed by atoms with van der Waals surface area (Å²) < 4.78 is 20.9. The fourth-order valence-electron chi connectivity index (χ4n) is 0. The molecule has 0 bridgehead atoms. The van der Waals surface area contributed by atoms with E-state index in [1.54, 1.807) is 0 Å². The fourth-order valence-corrected chi connectivity index (χ4v) is 0. The average Bonchev–Trinajstić information content (AvgIpc) is 1.36. The van der Waals surface area contributed by atoms with Gasteiger partial charge in [0.1, 0.15) is 0 Å². The van der Waals surface area contributed by atoms with Crippen LogP contribution in [-0.4, -0.2) is 63.5 Å². The standard InChI is InChI=1S/C2F2O2.K/c3-1(5)2(4)6;. The molecule has 1 radical (unpaired) electrons. The maximum absolute atomic E-state index is 10.5. The molecule has 7 heavy (non-hydrogen) atoms. The van der Waals surface area contributed by atoms with Gasteiger partial charge in [0.25, 0.3) is 0 Å². The second-order valence-corrected chi connectivity index (χ2v) is 0.547. The topological polar surface area (TPSA) is 34.1 Å². The Hall–Kier alpha value is 0.836. The van der Waals surface area contributed by atoms with E-state index in [1.165, 1.54) is 0 Å². The third-order valence-electron chi connectivity index (χ3n) is 0.155. The van der Waals surface area contributed by atoms with Crippen molar-refractivity contribution in [2.45, 2.75) is 0 Å². The summed E-state index contributed by atoms with van der Waals surface area (Å²) in [6, 6.07) is -5.09. The van der Waals surface area contributed by atoms with Gasteiger partial charge in [-0.05, 0) is 0 Å². The first kappa shape index (κ1) is 10.8. The van der Waals surface area contributed by atoms with Crippen LogP contribution in [-0.2, 0) is 9.59 Å². The zero-order valence-electron chi connectivity index (χ0n) is 3.57. The predicted molar refractivity (Wildman–Crippen MR) is 18.0 cm³/mol.